The van der Waals surface area contributed by atoms with E-state index < -0.39 is 10.0 Å². The van der Waals surface area contributed by atoms with E-state index in [2.05, 4.69) is 36.2 Å². The second-order valence-electron chi connectivity index (χ2n) is 7.76. The molecule has 31 heavy (non-hydrogen) atoms. The first kappa shape index (κ1) is 23.2. The molecule has 7 nitrogen and oxygen atoms in total. The summed E-state index contributed by atoms with van der Waals surface area (Å²) in [5, 5.41) is 3.38. The summed E-state index contributed by atoms with van der Waals surface area (Å²) in [6, 6.07) is 15.2. The van der Waals surface area contributed by atoms with E-state index in [0.29, 0.717) is 13.2 Å². The summed E-state index contributed by atoms with van der Waals surface area (Å²) in [6.07, 6.45) is 0.00864. The van der Waals surface area contributed by atoms with Gasteiger partial charge in [0, 0.05) is 27.2 Å². The number of nitrogens with one attached hydrogen (secondary N) is 1. The van der Waals surface area contributed by atoms with Gasteiger partial charge in [-0.15, -0.1) is 0 Å². The summed E-state index contributed by atoms with van der Waals surface area (Å²) in [6.45, 7) is 7.54. The van der Waals surface area contributed by atoms with Crippen molar-refractivity contribution >= 4 is 16.0 Å². The summed E-state index contributed by atoms with van der Waals surface area (Å²) in [7, 11) is -0.363. The van der Waals surface area contributed by atoms with E-state index in [9.17, 15) is 8.42 Å². The van der Waals surface area contributed by atoms with E-state index in [4.69, 9.17) is 9.73 Å². The van der Waals surface area contributed by atoms with Gasteiger partial charge < -0.3 is 15.0 Å². The van der Waals surface area contributed by atoms with Gasteiger partial charge in [0.05, 0.1) is 24.6 Å². The summed E-state index contributed by atoms with van der Waals surface area (Å²) in [4.78, 5) is 7.32. The first-order valence-corrected chi connectivity index (χ1v) is 12.0. The predicted molar refractivity (Wildman–Crippen MR) is 124 cm³/mol. The molecule has 1 unspecified atom stereocenters. The number of benzene rings is 2. The minimum Gasteiger partial charge on any atom is -0.370 e. The van der Waals surface area contributed by atoms with Crippen LogP contribution in [0.3, 0.4) is 0 Å². The van der Waals surface area contributed by atoms with Crippen molar-refractivity contribution in [2.75, 3.05) is 40.3 Å². The maximum atomic E-state index is 12.2. The molecule has 2 aromatic rings. The Balaban J connectivity index is 1.73. The van der Waals surface area contributed by atoms with Crippen molar-refractivity contribution in [2.45, 2.75) is 31.4 Å². The second-order valence-corrected chi connectivity index (χ2v) is 9.92. The van der Waals surface area contributed by atoms with Crippen LogP contribution in [0.25, 0.3) is 0 Å². The first-order valence-electron chi connectivity index (χ1n) is 10.5. The molecular weight excluding hydrogens is 412 g/mol. The Labute approximate surface area is 185 Å². The molecule has 0 amide bonds. The maximum Gasteiger partial charge on any atom is 0.242 e. The van der Waals surface area contributed by atoms with Crippen LogP contribution >= 0.6 is 0 Å². The lowest BCUT2D eigenvalue weighted by molar-refractivity contribution is -0.00834. The van der Waals surface area contributed by atoms with Gasteiger partial charge in [0.25, 0.3) is 0 Å². The quantitative estimate of drug-likeness (QED) is 0.548. The fraction of sp³-hybridized carbons (Fsp3) is 0.435. The third-order valence-electron chi connectivity index (χ3n) is 5.35. The minimum absolute atomic E-state index is 0.00864. The number of ether oxygens (including phenoxy) is 1. The number of rotatable bonds is 6. The molecule has 1 fully saturated rings. The van der Waals surface area contributed by atoms with Gasteiger partial charge in [0.2, 0.25) is 10.0 Å². The predicted octanol–water partition coefficient (Wildman–Crippen LogP) is 2.78. The fourth-order valence-electron chi connectivity index (χ4n) is 3.55. The number of hydrogen-bond donors (Lipinski definition) is 1. The molecule has 1 aliphatic rings. The van der Waals surface area contributed by atoms with Crippen molar-refractivity contribution in [1.29, 1.82) is 0 Å². The van der Waals surface area contributed by atoms with Crippen LogP contribution in [0.15, 0.2) is 58.4 Å². The summed E-state index contributed by atoms with van der Waals surface area (Å²) < 4.78 is 31.7. The van der Waals surface area contributed by atoms with E-state index >= 15 is 0 Å². The topological polar surface area (TPSA) is 74.2 Å². The fourth-order valence-corrected chi connectivity index (χ4v) is 4.45. The monoisotopic (exact) mass is 444 g/mol. The van der Waals surface area contributed by atoms with Crippen LogP contribution in [0.4, 0.5) is 0 Å². The summed E-state index contributed by atoms with van der Waals surface area (Å²) in [5.74, 6) is 0.842. The molecule has 0 bridgehead atoms. The van der Waals surface area contributed by atoms with Gasteiger partial charge in [-0.25, -0.2) is 17.7 Å². The largest absolute Gasteiger partial charge is 0.370 e. The summed E-state index contributed by atoms with van der Waals surface area (Å²) >= 11 is 0. The van der Waals surface area contributed by atoms with Gasteiger partial charge in [0.1, 0.15) is 6.10 Å². The van der Waals surface area contributed by atoms with Crippen LogP contribution < -0.4 is 5.32 Å². The number of hydrogen-bond acceptors (Lipinski definition) is 4. The Morgan fingerprint density at radius 3 is 2.55 bits per heavy atom. The summed E-state index contributed by atoms with van der Waals surface area (Å²) in [5.41, 5.74) is 3.39. The highest BCUT2D eigenvalue weighted by molar-refractivity contribution is 7.89. The maximum absolute atomic E-state index is 12.2. The molecule has 8 heteroatoms. The average Bonchev–Trinajstić information content (AvgIpc) is 2.77. The third kappa shape index (κ3) is 5.64. The van der Waals surface area contributed by atoms with Gasteiger partial charge in [-0.3, -0.25) is 0 Å². The molecule has 0 aromatic heterocycles. The van der Waals surface area contributed by atoms with Crippen molar-refractivity contribution < 1.29 is 13.2 Å². The molecule has 1 atom stereocenters. The zero-order chi connectivity index (χ0) is 22.4. The number of aryl methyl sites for hydroxylation is 1. The van der Waals surface area contributed by atoms with Gasteiger partial charge >= 0.3 is 0 Å². The normalized spacial score (nSPS) is 17.8. The Kier molecular flexibility index (Phi) is 7.69. The molecular formula is C23H32N4O3S. The van der Waals surface area contributed by atoms with Crippen molar-refractivity contribution in [3.63, 3.8) is 0 Å². The molecule has 2 aromatic carbocycles. The van der Waals surface area contributed by atoms with Crippen molar-refractivity contribution in [3.05, 3.63) is 65.2 Å². The molecule has 0 aliphatic carbocycles. The Hall–Kier alpha value is -2.42. The van der Waals surface area contributed by atoms with E-state index in [1.165, 1.54) is 29.5 Å². The average molecular weight is 445 g/mol. The van der Waals surface area contributed by atoms with Crippen LogP contribution in [0.2, 0.25) is 0 Å². The number of aliphatic imine (C=N–C) groups is 1. The van der Waals surface area contributed by atoms with E-state index in [-0.39, 0.29) is 11.0 Å². The lowest BCUT2D eigenvalue weighted by Crippen LogP contribution is -2.48. The zero-order valence-electron chi connectivity index (χ0n) is 18.7. The molecule has 0 radical (unpaired) electrons. The smallest absolute Gasteiger partial charge is 0.242 e. The van der Waals surface area contributed by atoms with Gasteiger partial charge in [-0.2, -0.15) is 0 Å². The third-order valence-corrected chi connectivity index (χ3v) is 7.18. The van der Waals surface area contributed by atoms with E-state index in [0.717, 1.165) is 31.2 Å². The van der Waals surface area contributed by atoms with Crippen LogP contribution in [0.5, 0.6) is 0 Å². The van der Waals surface area contributed by atoms with Crippen LogP contribution in [0, 0.1) is 6.92 Å². The molecule has 0 spiro atoms. The lowest BCUT2D eigenvalue weighted by Gasteiger charge is -2.35. The highest BCUT2D eigenvalue weighted by atomic mass is 32.2. The van der Waals surface area contributed by atoms with Crippen molar-refractivity contribution in [3.8, 4) is 0 Å². The van der Waals surface area contributed by atoms with Crippen molar-refractivity contribution in [1.82, 2.24) is 14.5 Å². The lowest BCUT2D eigenvalue weighted by atomic mass is 10.0. The highest BCUT2D eigenvalue weighted by Gasteiger charge is 2.25. The number of guanidine groups is 1. The molecule has 1 saturated heterocycles. The molecule has 168 valence electrons. The molecule has 0 saturated carbocycles. The standard InChI is InChI=1S/C23H32N4O3S/c1-5-24-23(25-16-19-10-12-20(13-11-19)31(28,29)26(3)4)27-14-15-30-22(17-27)21-9-7-6-8-18(21)2/h6-13,22H,5,14-17H2,1-4H3,(H,24,25). The first-order chi connectivity index (χ1) is 14.8. The Morgan fingerprint density at radius 1 is 1.19 bits per heavy atom. The van der Waals surface area contributed by atoms with Gasteiger partial charge in [-0.05, 0) is 42.7 Å². The van der Waals surface area contributed by atoms with E-state index in [1.807, 2.05) is 24.3 Å². The van der Waals surface area contributed by atoms with Gasteiger partial charge in [0.15, 0.2) is 5.96 Å². The van der Waals surface area contributed by atoms with Gasteiger partial charge in [-0.1, -0.05) is 36.4 Å². The molecule has 1 heterocycles. The second kappa shape index (κ2) is 10.3. The Bertz CT molecular complexity index is 1000. The molecule has 1 N–H and O–H groups in total. The van der Waals surface area contributed by atoms with Crippen LogP contribution in [-0.2, 0) is 21.3 Å². The molecule has 1 aliphatic heterocycles. The number of morpholine rings is 1. The SMILES string of the molecule is CCNC(=NCc1ccc(S(=O)(=O)N(C)C)cc1)N1CCOC(c2ccccc2C)C1. The number of sulfonamides is 1. The number of nitrogens with zero attached hydrogens (tertiary/aromatic N) is 3. The van der Waals surface area contributed by atoms with Crippen LogP contribution in [0.1, 0.15) is 29.7 Å². The van der Waals surface area contributed by atoms with E-state index in [1.54, 1.807) is 12.1 Å². The minimum atomic E-state index is -3.42. The zero-order valence-corrected chi connectivity index (χ0v) is 19.5. The van der Waals surface area contributed by atoms with Crippen molar-refractivity contribution in [2.24, 2.45) is 4.99 Å². The molecule has 3 rings (SSSR count). The van der Waals surface area contributed by atoms with Crippen LogP contribution in [-0.4, -0.2) is 63.9 Å². The highest BCUT2D eigenvalue weighted by Crippen LogP contribution is 2.25. The Morgan fingerprint density at radius 2 is 1.90 bits per heavy atom.